The second-order valence-electron chi connectivity index (χ2n) is 4.11. The number of methoxy groups -OCH3 is 1. The topological polar surface area (TPSA) is 79.0 Å². The first-order chi connectivity index (χ1) is 9.30. The van der Waals surface area contributed by atoms with Gasteiger partial charge in [0.15, 0.2) is 5.65 Å². The first-order valence-electron chi connectivity index (χ1n) is 6.49. The Kier molecular flexibility index (Phi) is 4.51. The number of hydrogen-bond acceptors (Lipinski definition) is 6. The van der Waals surface area contributed by atoms with Crippen molar-refractivity contribution >= 4 is 22.8 Å². The van der Waals surface area contributed by atoms with Gasteiger partial charge in [0.2, 0.25) is 5.95 Å². The average molecular weight is 264 g/mol. The SMILES string of the molecule is CCNc1nc(N(CC)CCOC)c2cn[nH]c2n1. The maximum atomic E-state index is 5.14. The molecule has 0 unspecified atom stereocenters. The van der Waals surface area contributed by atoms with Gasteiger partial charge in [-0.05, 0) is 13.8 Å². The van der Waals surface area contributed by atoms with E-state index in [9.17, 15) is 0 Å². The lowest BCUT2D eigenvalue weighted by Crippen LogP contribution is -2.28. The Hall–Kier alpha value is -1.89. The number of nitrogens with one attached hydrogen (secondary N) is 2. The van der Waals surface area contributed by atoms with Crippen molar-refractivity contribution in [1.29, 1.82) is 0 Å². The number of rotatable bonds is 7. The zero-order chi connectivity index (χ0) is 13.7. The second kappa shape index (κ2) is 6.33. The highest BCUT2D eigenvalue weighted by Gasteiger charge is 2.14. The van der Waals surface area contributed by atoms with Crippen LogP contribution in [0.2, 0.25) is 0 Å². The third-order valence-electron chi connectivity index (χ3n) is 2.87. The van der Waals surface area contributed by atoms with E-state index in [0.717, 1.165) is 36.5 Å². The van der Waals surface area contributed by atoms with Gasteiger partial charge in [0.05, 0.1) is 18.2 Å². The molecule has 0 radical (unpaired) electrons. The Morgan fingerprint density at radius 3 is 2.89 bits per heavy atom. The Bertz CT molecular complexity index is 526. The third kappa shape index (κ3) is 2.93. The molecular formula is C12H20N6O. The largest absolute Gasteiger partial charge is 0.383 e. The highest BCUT2D eigenvalue weighted by molar-refractivity contribution is 5.87. The van der Waals surface area contributed by atoms with Crippen LogP contribution in [-0.4, -0.2) is 53.5 Å². The molecule has 0 fully saturated rings. The van der Waals surface area contributed by atoms with Crippen molar-refractivity contribution < 1.29 is 4.74 Å². The van der Waals surface area contributed by atoms with E-state index in [-0.39, 0.29) is 0 Å². The van der Waals surface area contributed by atoms with Crippen LogP contribution in [0.25, 0.3) is 11.0 Å². The highest BCUT2D eigenvalue weighted by atomic mass is 16.5. The molecule has 2 N–H and O–H groups in total. The molecule has 0 aliphatic heterocycles. The van der Waals surface area contributed by atoms with E-state index in [1.54, 1.807) is 13.3 Å². The van der Waals surface area contributed by atoms with Crippen molar-refractivity contribution in [3.8, 4) is 0 Å². The number of aromatic nitrogens is 4. The molecule has 2 aromatic heterocycles. The summed E-state index contributed by atoms with van der Waals surface area (Å²) in [4.78, 5) is 11.1. The van der Waals surface area contributed by atoms with Gasteiger partial charge in [-0.3, -0.25) is 5.10 Å². The number of ether oxygens (including phenoxy) is 1. The van der Waals surface area contributed by atoms with Gasteiger partial charge in [-0.15, -0.1) is 0 Å². The van der Waals surface area contributed by atoms with Gasteiger partial charge in [-0.25, -0.2) is 0 Å². The maximum Gasteiger partial charge on any atom is 0.226 e. The first kappa shape index (κ1) is 13.5. The van der Waals surface area contributed by atoms with Crippen molar-refractivity contribution in [3.63, 3.8) is 0 Å². The molecule has 7 heteroatoms. The van der Waals surface area contributed by atoms with Crippen LogP contribution in [0, 0.1) is 0 Å². The highest BCUT2D eigenvalue weighted by Crippen LogP contribution is 2.23. The zero-order valence-electron chi connectivity index (χ0n) is 11.6. The Morgan fingerprint density at radius 2 is 2.21 bits per heavy atom. The fourth-order valence-corrected chi connectivity index (χ4v) is 1.91. The molecule has 0 aliphatic rings. The van der Waals surface area contributed by atoms with E-state index in [1.807, 2.05) is 6.92 Å². The monoisotopic (exact) mass is 264 g/mol. The summed E-state index contributed by atoms with van der Waals surface area (Å²) in [7, 11) is 1.70. The van der Waals surface area contributed by atoms with Gasteiger partial charge in [0.1, 0.15) is 5.82 Å². The van der Waals surface area contributed by atoms with Crippen LogP contribution >= 0.6 is 0 Å². The van der Waals surface area contributed by atoms with E-state index < -0.39 is 0 Å². The Labute approximate surface area is 112 Å². The number of H-pyrrole nitrogens is 1. The van der Waals surface area contributed by atoms with E-state index in [0.29, 0.717) is 12.6 Å². The van der Waals surface area contributed by atoms with Gasteiger partial charge in [-0.1, -0.05) is 0 Å². The quantitative estimate of drug-likeness (QED) is 0.783. The predicted molar refractivity (Wildman–Crippen MR) is 75.6 cm³/mol. The summed E-state index contributed by atoms with van der Waals surface area (Å²) in [5.41, 5.74) is 0.747. The van der Waals surface area contributed by atoms with Crippen LogP contribution in [-0.2, 0) is 4.74 Å². The van der Waals surface area contributed by atoms with E-state index in [1.165, 1.54) is 0 Å². The lowest BCUT2D eigenvalue weighted by molar-refractivity contribution is 0.205. The Balaban J connectivity index is 2.40. The lowest BCUT2D eigenvalue weighted by atomic mass is 10.3. The summed E-state index contributed by atoms with van der Waals surface area (Å²) in [6.07, 6.45) is 1.76. The third-order valence-corrected chi connectivity index (χ3v) is 2.87. The summed E-state index contributed by atoms with van der Waals surface area (Å²) in [6, 6.07) is 0. The molecule has 2 heterocycles. The van der Waals surface area contributed by atoms with Crippen LogP contribution in [0.5, 0.6) is 0 Å². The number of nitrogens with zero attached hydrogens (tertiary/aromatic N) is 4. The molecule has 0 saturated heterocycles. The molecule has 104 valence electrons. The van der Waals surface area contributed by atoms with Crippen LogP contribution in [0.15, 0.2) is 6.20 Å². The molecule has 0 amide bonds. The summed E-state index contributed by atoms with van der Waals surface area (Å²) in [6.45, 7) is 7.19. The first-order valence-corrected chi connectivity index (χ1v) is 6.49. The van der Waals surface area contributed by atoms with E-state index in [2.05, 4.69) is 37.3 Å². The molecule has 0 aliphatic carbocycles. The lowest BCUT2D eigenvalue weighted by Gasteiger charge is -2.22. The van der Waals surface area contributed by atoms with Crippen molar-refractivity contribution in [1.82, 2.24) is 20.2 Å². The zero-order valence-corrected chi connectivity index (χ0v) is 11.6. The predicted octanol–water partition coefficient (Wildman–Crippen LogP) is 1.26. The van der Waals surface area contributed by atoms with Crippen molar-refractivity contribution in [2.75, 3.05) is 43.6 Å². The normalized spacial score (nSPS) is 10.9. The Morgan fingerprint density at radius 1 is 1.37 bits per heavy atom. The van der Waals surface area contributed by atoms with Crippen LogP contribution in [0.4, 0.5) is 11.8 Å². The average Bonchev–Trinajstić information content (AvgIpc) is 2.88. The molecular weight excluding hydrogens is 244 g/mol. The molecule has 0 spiro atoms. The van der Waals surface area contributed by atoms with Gasteiger partial charge < -0.3 is 15.0 Å². The number of hydrogen-bond donors (Lipinski definition) is 2. The van der Waals surface area contributed by atoms with Gasteiger partial charge in [-0.2, -0.15) is 15.1 Å². The fourth-order valence-electron chi connectivity index (χ4n) is 1.91. The minimum atomic E-state index is 0.616. The van der Waals surface area contributed by atoms with Crippen LogP contribution in [0.3, 0.4) is 0 Å². The number of likely N-dealkylation sites (N-methyl/N-ethyl adjacent to an activating group) is 1. The van der Waals surface area contributed by atoms with Crippen LogP contribution in [0.1, 0.15) is 13.8 Å². The standard InChI is InChI=1S/C12H20N6O/c1-4-13-12-15-10-9(8-14-17-10)11(16-12)18(5-2)6-7-19-3/h8H,4-7H2,1-3H3,(H2,13,14,15,16,17). The fraction of sp³-hybridized carbons (Fsp3) is 0.583. The summed E-state index contributed by atoms with van der Waals surface area (Å²) < 4.78 is 5.14. The van der Waals surface area contributed by atoms with E-state index >= 15 is 0 Å². The molecule has 0 saturated carbocycles. The smallest absolute Gasteiger partial charge is 0.226 e. The van der Waals surface area contributed by atoms with Crippen LogP contribution < -0.4 is 10.2 Å². The number of fused-ring (bicyclic) bond motifs is 1. The maximum absolute atomic E-state index is 5.14. The minimum absolute atomic E-state index is 0.616. The molecule has 0 bridgehead atoms. The van der Waals surface area contributed by atoms with Crippen molar-refractivity contribution in [3.05, 3.63) is 6.20 Å². The van der Waals surface area contributed by atoms with Gasteiger partial charge in [0.25, 0.3) is 0 Å². The summed E-state index contributed by atoms with van der Waals surface area (Å²) >= 11 is 0. The van der Waals surface area contributed by atoms with Gasteiger partial charge >= 0.3 is 0 Å². The molecule has 0 aromatic carbocycles. The van der Waals surface area contributed by atoms with Gasteiger partial charge in [0, 0.05) is 26.7 Å². The van der Waals surface area contributed by atoms with Crippen molar-refractivity contribution in [2.24, 2.45) is 0 Å². The molecule has 19 heavy (non-hydrogen) atoms. The van der Waals surface area contributed by atoms with E-state index in [4.69, 9.17) is 4.74 Å². The summed E-state index contributed by atoms with van der Waals surface area (Å²) in [5.74, 6) is 1.50. The number of anilines is 2. The molecule has 2 aromatic rings. The molecule has 2 rings (SSSR count). The summed E-state index contributed by atoms with van der Waals surface area (Å²) in [5, 5.41) is 11.0. The number of aromatic amines is 1. The molecule has 7 nitrogen and oxygen atoms in total. The minimum Gasteiger partial charge on any atom is -0.383 e. The van der Waals surface area contributed by atoms with Crippen molar-refractivity contribution in [2.45, 2.75) is 13.8 Å². The molecule has 0 atom stereocenters. The second-order valence-corrected chi connectivity index (χ2v) is 4.11.